The van der Waals surface area contributed by atoms with Gasteiger partial charge in [0.1, 0.15) is 5.75 Å². The number of carbonyl (C=O) groups excluding carboxylic acids is 1. The van der Waals surface area contributed by atoms with Gasteiger partial charge >= 0.3 is 0 Å². The molecule has 0 radical (unpaired) electrons. The van der Waals surface area contributed by atoms with Gasteiger partial charge in [0.25, 0.3) is 0 Å². The Hall–Kier alpha value is -1.91. The number of anilines is 2. The largest absolute Gasteiger partial charge is 0.492 e. The minimum Gasteiger partial charge on any atom is -0.492 e. The number of amides is 1. The average molecular weight is 237 g/mol. The summed E-state index contributed by atoms with van der Waals surface area (Å²) in [6.07, 6.45) is 0. The van der Waals surface area contributed by atoms with Crippen molar-refractivity contribution in [1.29, 1.82) is 0 Å². The Morgan fingerprint density at radius 3 is 2.76 bits per heavy atom. The molecule has 0 spiro atoms. The Balaban J connectivity index is 2.71. The van der Waals surface area contributed by atoms with Crippen molar-refractivity contribution in [1.82, 2.24) is 4.90 Å². The molecule has 0 aliphatic heterocycles. The van der Waals surface area contributed by atoms with E-state index in [9.17, 15) is 4.79 Å². The quantitative estimate of drug-likeness (QED) is 0.754. The highest BCUT2D eigenvalue weighted by Gasteiger charge is 2.08. The van der Waals surface area contributed by atoms with Gasteiger partial charge in [-0.15, -0.1) is 0 Å². The molecule has 0 aliphatic carbocycles. The van der Waals surface area contributed by atoms with Gasteiger partial charge in [-0.25, -0.2) is 0 Å². The van der Waals surface area contributed by atoms with E-state index in [4.69, 9.17) is 10.5 Å². The summed E-state index contributed by atoms with van der Waals surface area (Å²) in [6, 6.07) is 5.46. The minimum atomic E-state index is -0.00814. The number of likely N-dealkylation sites (N-methyl/N-ethyl adjacent to an activating group) is 1. The monoisotopic (exact) mass is 237 g/mol. The molecule has 94 valence electrons. The molecule has 3 N–H and O–H groups in total. The molecule has 0 bridgehead atoms. The molecule has 0 aromatic heterocycles. The lowest BCUT2D eigenvalue weighted by molar-refractivity contribution is -0.126. The van der Waals surface area contributed by atoms with Gasteiger partial charge in [-0.05, 0) is 19.1 Å². The maximum absolute atomic E-state index is 11.4. The number of carbonyl (C=O) groups is 1. The van der Waals surface area contributed by atoms with Crippen LogP contribution in [0.2, 0.25) is 0 Å². The second-order valence-electron chi connectivity index (χ2n) is 3.79. The van der Waals surface area contributed by atoms with Crippen molar-refractivity contribution in [2.24, 2.45) is 0 Å². The van der Waals surface area contributed by atoms with Gasteiger partial charge in [0, 0.05) is 14.1 Å². The number of para-hydroxylation sites is 1. The van der Waals surface area contributed by atoms with Crippen LogP contribution < -0.4 is 15.8 Å². The molecule has 0 atom stereocenters. The summed E-state index contributed by atoms with van der Waals surface area (Å²) in [4.78, 5) is 13.0. The Kier molecular flexibility index (Phi) is 4.63. The lowest BCUT2D eigenvalue weighted by Gasteiger charge is -2.14. The van der Waals surface area contributed by atoms with E-state index in [0.717, 1.165) is 0 Å². The maximum Gasteiger partial charge on any atom is 0.241 e. The van der Waals surface area contributed by atoms with E-state index in [1.165, 1.54) is 4.90 Å². The standard InChI is InChI=1S/C12H19N3O2/c1-4-17-10-7-5-6-9(12(10)13)14-8-11(16)15(2)3/h5-7,14H,4,8,13H2,1-3H3. The fourth-order valence-electron chi connectivity index (χ4n) is 1.31. The predicted molar refractivity (Wildman–Crippen MR) is 69.2 cm³/mol. The van der Waals surface area contributed by atoms with Gasteiger partial charge in [-0.1, -0.05) is 6.07 Å². The molecule has 0 aliphatic rings. The van der Waals surface area contributed by atoms with Crippen LogP contribution in [0, 0.1) is 0 Å². The molecule has 5 heteroatoms. The molecule has 0 unspecified atom stereocenters. The van der Waals surface area contributed by atoms with Crippen molar-refractivity contribution in [3.63, 3.8) is 0 Å². The number of hydrogen-bond donors (Lipinski definition) is 2. The number of hydrogen-bond acceptors (Lipinski definition) is 4. The Bertz CT molecular complexity index is 391. The number of benzene rings is 1. The summed E-state index contributed by atoms with van der Waals surface area (Å²) in [5, 5.41) is 3.00. The Labute approximate surface area is 102 Å². The number of nitrogens with zero attached hydrogens (tertiary/aromatic N) is 1. The molecule has 1 aromatic rings. The Morgan fingerprint density at radius 2 is 2.18 bits per heavy atom. The summed E-state index contributed by atoms with van der Waals surface area (Å²) < 4.78 is 5.37. The topological polar surface area (TPSA) is 67.6 Å². The number of ether oxygens (including phenoxy) is 1. The van der Waals surface area contributed by atoms with E-state index < -0.39 is 0 Å². The van der Waals surface area contributed by atoms with Gasteiger partial charge in [0.05, 0.1) is 24.5 Å². The van der Waals surface area contributed by atoms with Crippen LogP contribution in [-0.2, 0) is 4.79 Å². The lowest BCUT2D eigenvalue weighted by Crippen LogP contribution is -2.28. The van der Waals surface area contributed by atoms with Crippen LogP contribution in [0.4, 0.5) is 11.4 Å². The first-order valence-corrected chi connectivity index (χ1v) is 5.51. The third kappa shape index (κ3) is 3.55. The number of nitrogen functional groups attached to an aromatic ring is 1. The second-order valence-corrected chi connectivity index (χ2v) is 3.79. The van der Waals surface area contributed by atoms with Gasteiger partial charge in [0.15, 0.2) is 0 Å². The van der Waals surface area contributed by atoms with Crippen LogP contribution in [-0.4, -0.2) is 38.1 Å². The number of rotatable bonds is 5. The van der Waals surface area contributed by atoms with Crippen molar-refractivity contribution in [2.75, 3.05) is 38.3 Å². The van der Waals surface area contributed by atoms with Crippen LogP contribution in [0.5, 0.6) is 5.75 Å². The zero-order chi connectivity index (χ0) is 12.8. The molecule has 0 saturated heterocycles. The van der Waals surface area contributed by atoms with Gasteiger partial charge in [-0.3, -0.25) is 4.79 Å². The van der Waals surface area contributed by atoms with Crippen LogP contribution in [0.1, 0.15) is 6.92 Å². The molecular weight excluding hydrogens is 218 g/mol. The second kappa shape index (κ2) is 5.98. The van der Waals surface area contributed by atoms with E-state index in [2.05, 4.69) is 5.32 Å². The molecule has 0 saturated carbocycles. The van der Waals surface area contributed by atoms with Gasteiger partial charge < -0.3 is 20.7 Å². The summed E-state index contributed by atoms with van der Waals surface area (Å²) in [6.45, 7) is 2.67. The van der Waals surface area contributed by atoms with Gasteiger partial charge in [-0.2, -0.15) is 0 Å². The van der Waals surface area contributed by atoms with Crippen LogP contribution in [0.25, 0.3) is 0 Å². The summed E-state index contributed by atoms with van der Waals surface area (Å²) in [5.41, 5.74) is 7.16. The van der Waals surface area contributed by atoms with E-state index in [-0.39, 0.29) is 12.5 Å². The summed E-state index contributed by atoms with van der Waals surface area (Å²) in [5.74, 6) is 0.626. The van der Waals surface area contributed by atoms with Crippen LogP contribution in [0.3, 0.4) is 0 Å². The van der Waals surface area contributed by atoms with Crippen molar-refractivity contribution in [2.45, 2.75) is 6.92 Å². The van der Waals surface area contributed by atoms with Crippen LogP contribution in [0.15, 0.2) is 18.2 Å². The minimum absolute atomic E-state index is 0.00814. The fraction of sp³-hybridized carbons (Fsp3) is 0.417. The fourth-order valence-corrected chi connectivity index (χ4v) is 1.31. The number of nitrogens with two attached hydrogens (primary N) is 1. The first-order chi connectivity index (χ1) is 8.06. The molecule has 1 amide bonds. The molecule has 0 fully saturated rings. The first-order valence-electron chi connectivity index (χ1n) is 5.51. The summed E-state index contributed by atoms with van der Waals surface area (Å²) >= 11 is 0. The average Bonchev–Trinajstić information content (AvgIpc) is 2.30. The highest BCUT2D eigenvalue weighted by molar-refractivity contribution is 5.82. The van der Waals surface area contributed by atoms with E-state index in [1.807, 2.05) is 19.1 Å². The molecule has 17 heavy (non-hydrogen) atoms. The van der Waals surface area contributed by atoms with Crippen LogP contribution >= 0.6 is 0 Å². The maximum atomic E-state index is 11.4. The summed E-state index contributed by atoms with van der Waals surface area (Å²) in [7, 11) is 3.42. The highest BCUT2D eigenvalue weighted by atomic mass is 16.5. The first kappa shape index (κ1) is 13.2. The lowest BCUT2D eigenvalue weighted by atomic mass is 10.2. The zero-order valence-electron chi connectivity index (χ0n) is 10.5. The van der Waals surface area contributed by atoms with E-state index in [1.54, 1.807) is 20.2 Å². The third-order valence-corrected chi connectivity index (χ3v) is 2.29. The third-order valence-electron chi connectivity index (χ3n) is 2.29. The Morgan fingerprint density at radius 1 is 1.47 bits per heavy atom. The normalized spacial score (nSPS) is 9.82. The molecule has 0 heterocycles. The van der Waals surface area contributed by atoms with Crippen molar-refractivity contribution >= 4 is 17.3 Å². The smallest absolute Gasteiger partial charge is 0.241 e. The zero-order valence-corrected chi connectivity index (χ0v) is 10.5. The SMILES string of the molecule is CCOc1cccc(NCC(=O)N(C)C)c1N. The number of nitrogens with one attached hydrogen (secondary N) is 1. The molecule has 5 nitrogen and oxygen atoms in total. The highest BCUT2D eigenvalue weighted by Crippen LogP contribution is 2.29. The van der Waals surface area contributed by atoms with Gasteiger partial charge in [0.2, 0.25) is 5.91 Å². The molecular formula is C12H19N3O2. The molecule has 1 aromatic carbocycles. The van der Waals surface area contributed by atoms with Crippen molar-refractivity contribution in [3.05, 3.63) is 18.2 Å². The van der Waals surface area contributed by atoms with Crippen molar-refractivity contribution < 1.29 is 9.53 Å². The predicted octanol–water partition coefficient (Wildman–Crippen LogP) is 1.17. The van der Waals surface area contributed by atoms with E-state index >= 15 is 0 Å². The van der Waals surface area contributed by atoms with E-state index in [0.29, 0.717) is 23.7 Å². The van der Waals surface area contributed by atoms with Crippen molar-refractivity contribution in [3.8, 4) is 5.75 Å². The molecule has 1 rings (SSSR count).